The summed E-state index contributed by atoms with van der Waals surface area (Å²) in [6, 6.07) is 16.6. The van der Waals surface area contributed by atoms with Gasteiger partial charge >= 0.3 is 6.03 Å². The normalized spacial score (nSPS) is 19.1. The third-order valence-corrected chi connectivity index (χ3v) is 5.22. The highest BCUT2D eigenvalue weighted by Crippen LogP contribution is 2.31. The highest BCUT2D eigenvalue weighted by atomic mass is 16.5. The molecule has 3 aromatic rings. The van der Waals surface area contributed by atoms with Crippen molar-refractivity contribution in [2.24, 2.45) is 0 Å². The lowest BCUT2D eigenvalue weighted by Gasteiger charge is -2.22. The molecule has 1 aliphatic heterocycles. The molecule has 1 atom stereocenters. The quantitative estimate of drug-likeness (QED) is 0.669. The number of amides is 3. The Kier molecular flexibility index (Phi) is 4.66. The topological polar surface area (TPSA) is 88.3 Å². The number of hydrogen-bond donors (Lipinski definition) is 1. The zero-order valence-electron chi connectivity index (χ0n) is 16.5. The van der Waals surface area contributed by atoms with Gasteiger partial charge in [-0.1, -0.05) is 73.6 Å². The molecular formula is C22H22N4O3. The largest absolute Gasteiger partial charge is 0.337 e. The van der Waals surface area contributed by atoms with Crippen molar-refractivity contribution in [2.75, 3.05) is 0 Å². The molecule has 0 bridgehead atoms. The summed E-state index contributed by atoms with van der Waals surface area (Å²) >= 11 is 0. The number of urea groups is 1. The Bertz CT molecular complexity index is 1040. The molecule has 2 aromatic carbocycles. The first kappa shape index (κ1) is 18.9. The van der Waals surface area contributed by atoms with Crippen LogP contribution in [0.3, 0.4) is 0 Å². The lowest BCUT2D eigenvalue weighted by molar-refractivity contribution is -0.131. The number of nitrogens with one attached hydrogen (secondary N) is 1. The molecule has 1 aromatic heterocycles. The van der Waals surface area contributed by atoms with Crippen LogP contribution in [-0.2, 0) is 16.9 Å². The van der Waals surface area contributed by atoms with E-state index in [2.05, 4.69) is 29.3 Å². The minimum atomic E-state index is -1.13. The van der Waals surface area contributed by atoms with E-state index in [-0.39, 0.29) is 18.3 Å². The van der Waals surface area contributed by atoms with Gasteiger partial charge in [0.15, 0.2) is 0 Å². The highest BCUT2D eigenvalue weighted by molar-refractivity contribution is 6.07. The molecule has 1 N–H and O–H groups in total. The van der Waals surface area contributed by atoms with Gasteiger partial charge in [0, 0.05) is 5.56 Å². The van der Waals surface area contributed by atoms with E-state index in [1.807, 2.05) is 54.6 Å². The first-order chi connectivity index (χ1) is 13.9. The van der Waals surface area contributed by atoms with E-state index in [4.69, 9.17) is 4.52 Å². The number of imide groups is 1. The zero-order valence-corrected chi connectivity index (χ0v) is 16.5. The van der Waals surface area contributed by atoms with Crippen LogP contribution in [0.4, 0.5) is 4.79 Å². The van der Waals surface area contributed by atoms with E-state index in [9.17, 15) is 9.59 Å². The summed E-state index contributed by atoms with van der Waals surface area (Å²) in [5, 5.41) is 6.74. The van der Waals surface area contributed by atoms with Crippen LogP contribution in [-0.4, -0.2) is 27.0 Å². The summed E-state index contributed by atoms with van der Waals surface area (Å²) in [5.74, 6) is 0.657. The zero-order chi connectivity index (χ0) is 20.6. The first-order valence-corrected chi connectivity index (χ1v) is 9.51. The molecule has 0 saturated carbocycles. The fourth-order valence-corrected chi connectivity index (χ4v) is 3.40. The van der Waals surface area contributed by atoms with Crippen LogP contribution < -0.4 is 5.32 Å². The minimum absolute atomic E-state index is 0.0792. The summed E-state index contributed by atoms with van der Waals surface area (Å²) in [6.07, 6.45) is 0. The summed E-state index contributed by atoms with van der Waals surface area (Å²) in [5.41, 5.74) is 1.58. The maximum Gasteiger partial charge on any atom is 0.325 e. The number of benzene rings is 2. The first-order valence-electron chi connectivity index (χ1n) is 9.51. The molecular weight excluding hydrogens is 368 g/mol. The van der Waals surface area contributed by atoms with Crippen molar-refractivity contribution in [1.82, 2.24) is 20.4 Å². The van der Waals surface area contributed by atoms with Crippen LogP contribution in [0, 0.1) is 0 Å². The van der Waals surface area contributed by atoms with Crippen molar-refractivity contribution < 1.29 is 14.1 Å². The fraction of sp³-hybridized carbons (Fsp3) is 0.273. The molecule has 0 radical (unpaired) electrons. The standard InChI is InChI=1S/C22H22N4O3/c1-14(2)15-9-11-17(12-10-15)22(3)20(27)26(21(28)24-22)13-18-23-19(25-29-18)16-7-5-4-6-8-16/h4-12,14H,13H2,1-3H3,(H,24,28). The molecule has 1 aliphatic rings. The van der Waals surface area contributed by atoms with E-state index >= 15 is 0 Å². The van der Waals surface area contributed by atoms with Crippen LogP contribution in [0.1, 0.15) is 43.7 Å². The van der Waals surface area contributed by atoms with Gasteiger partial charge < -0.3 is 9.84 Å². The van der Waals surface area contributed by atoms with Crippen molar-refractivity contribution in [3.63, 3.8) is 0 Å². The molecule has 29 heavy (non-hydrogen) atoms. The van der Waals surface area contributed by atoms with Crippen LogP contribution in [0.2, 0.25) is 0 Å². The Balaban J connectivity index is 1.55. The molecule has 1 unspecified atom stereocenters. The Morgan fingerprint density at radius 3 is 2.41 bits per heavy atom. The molecule has 3 amide bonds. The van der Waals surface area contributed by atoms with Gasteiger partial charge in [-0.2, -0.15) is 4.98 Å². The van der Waals surface area contributed by atoms with Crippen LogP contribution in [0.5, 0.6) is 0 Å². The number of nitrogens with zero attached hydrogens (tertiary/aromatic N) is 3. The molecule has 1 fully saturated rings. The van der Waals surface area contributed by atoms with Gasteiger partial charge in [-0.05, 0) is 24.0 Å². The number of carbonyl (C=O) groups is 2. The molecule has 0 spiro atoms. The van der Waals surface area contributed by atoms with Crippen molar-refractivity contribution >= 4 is 11.9 Å². The second-order valence-electron chi connectivity index (χ2n) is 7.60. The third-order valence-electron chi connectivity index (χ3n) is 5.22. The monoisotopic (exact) mass is 390 g/mol. The highest BCUT2D eigenvalue weighted by Gasteiger charge is 2.49. The number of rotatable bonds is 5. The summed E-state index contributed by atoms with van der Waals surface area (Å²) in [6.45, 7) is 5.84. The Labute approximate surface area is 168 Å². The van der Waals surface area contributed by atoms with E-state index in [0.29, 0.717) is 11.7 Å². The van der Waals surface area contributed by atoms with Gasteiger partial charge in [-0.3, -0.25) is 9.69 Å². The SMILES string of the molecule is CC(C)c1ccc(C2(C)NC(=O)N(Cc3nc(-c4ccccc4)no3)C2=O)cc1. The average molecular weight is 390 g/mol. The van der Waals surface area contributed by atoms with Crippen molar-refractivity contribution in [1.29, 1.82) is 0 Å². The Morgan fingerprint density at radius 2 is 1.76 bits per heavy atom. The van der Waals surface area contributed by atoms with Crippen molar-refractivity contribution in [3.8, 4) is 11.4 Å². The summed E-state index contributed by atoms with van der Waals surface area (Å²) in [7, 11) is 0. The predicted molar refractivity (Wildman–Crippen MR) is 107 cm³/mol. The molecule has 7 heteroatoms. The lowest BCUT2D eigenvalue weighted by Crippen LogP contribution is -2.40. The van der Waals surface area contributed by atoms with E-state index < -0.39 is 11.6 Å². The van der Waals surface area contributed by atoms with Gasteiger partial charge in [0.2, 0.25) is 11.7 Å². The second-order valence-corrected chi connectivity index (χ2v) is 7.60. The van der Waals surface area contributed by atoms with Crippen molar-refractivity contribution in [3.05, 3.63) is 71.6 Å². The lowest BCUT2D eigenvalue weighted by atomic mass is 9.90. The minimum Gasteiger partial charge on any atom is -0.337 e. The van der Waals surface area contributed by atoms with E-state index in [1.165, 1.54) is 5.56 Å². The maximum atomic E-state index is 13.1. The molecule has 148 valence electrons. The average Bonchev–Trinajstić information content (AvgIpc) is 3.28. The van der Waals surface area contributed by atoms with Crippen LogP contribution in [0.25, 0.3) is 11.4 Å². The molecule has 7 nitrogen and oxygen atoms in total. The second kappa shape index (κ2) is 7.16. The van der Waals surface area contributed by atoms with Gasteiger partial charge in [-0.25, -0.2) is 4.79 Å². The van der Waals surface area contributed by atoms with Gasteiger partial charge in [0.1, 0.15) is 12.1 Å². The number of carbonyl (C=O) groups excluding carboxylic acids is 2. The number of aromatic nitrogens is 2. The Morgan fingerprint density at radius 1 is 1.07 bits per heavy atom. The smallest absolute Gasteiger partial charge is 0.325 e. The third kappa shape index (κ3) is 3.40. The molecule has 4 rings (SSSR count). The van der Waals surface area contributed by atoms with Gasteiger partial charge in [0.25, 0.3) is 5.91 Å². The van der Waals surface area contributed by atoms with E-state index in [1.54, 1.807) is 6.92 Å². The predicted octanol–water partition coefficient (Wildman–Crippen LogP) is 3.83. The molecule has 2 heterocycles. The summed E-state index contributed by atoms with van der Waals surface area (Å²) in [4.78, 5) is 31.0. The molecule has 0 aliphatic carbocycles. The number of hydrogen-bond acceptors (Lipinski definition) is 5. The van der Waals surface area contributed by atoms with Crippen LogP contribution >= 0.6 is 0 Å². The van der Waals surface area contributed by atoms with Gasteiger partial charge in [-0.15, -0.1) is 0 Å². The van der Waals surface area contributed by atoms with Crippen LogP contribution in [0.15, 0.2) is 59.1 Å². The molecule has 1 saturated heterocycles. The fourth-order valence-electron chi connectivity index (χ4n) is 3.40. The maximum absolute atomic E-state index is 13.1. The van der Waals surface area contributed by atoms with Crippen molar-refractivity contribution in [2.45, 2.75) is 38.8 Å². The summed E-state index contributed by atoms with van der Waals surface area (Å²) < 4.78 is 5.26. The van der Waals surface area contributed by atoms with E-state index in [0.717, 1.165) is 16.0 Å². The Hall–Kier alpha value is -3.48. The van der Waals surface area contributed by atoms with Gasteiger partial charge in [0.05, 0.1) is 0 Å².